The molecular formula is C41H68N10O6. The SMILES string of the molecule is CC(C)C[C@H](NC(=O)[C@H](CCCN=C(N)N)NC(=O)[C@@H](NC(=O)C(Cc1ccc(N)cc1)C(=O)N(C(C)C)C(C)C)C1CCCCC1)C(=O)N1CCC[C@H]1C(N)=O. The number of likely N-dealkylation sites (tertiary alicyclic amines) is 1. The van der Waals surface area contributed by atoms with Crippen molar-refractivity contribution in [3.05, 3.63) is 29.8 Å². The van der Waals surface area contributed by atoms with Crippen LogP contribution in [0, 0.1) is 17.8 Å². The number of nitrogens with zero attached hydrogens (tertiary/aromatic N) is 3. The number of rotatable bonds is 20. The van der Waals surface area contributed by atoms with Crippen molar-refractivity contribution in [3.8, 4) is 0 Å². The molecule has 2 fully saturated rings. The Morgan fingerprint density at radius 3 is 1.96 bits per heavy atom. The number of nitrogens with one attached hydrogen (secondary N) is 3. The Hall–Kier alpha value is -4.89. The van der Waals surface area contributed by atoms with Crippen LogP contribution in [-0.2, 0) is 35.2 Å². The number of aliphatic imine (C=N–C) groups is 1. The van der Waals surface area contributed by atoms with Crippen LogP contribution in [0.1, 0.15) is 111 Å². The second-order valence-electron chi connectivity index (χ2n) is 16.6. The first kappa shape index (κ1) is 46.5. The van der Waals surface area contributed by atoms with E-state index in [1.54, 1.807) is 29.2 Å². The lowest BCUT2D eigenvalue weighted by atomic mass is 9.83. The van der Waals surface area contributed by atoms with Crippen LogP contribution in [0.5, 0.6) is 0 Å². The van der Waals surface area contributed by atoms with E-state index in [0.717, 1.165) is 24.8 Å². The lowest BCUT2D eigenvalue weighted by molar-refractivity contribution is -0.146. The van der Waals surface area contributed by atoms with E-state index in [2.05, 4.69) is 20.9 Å². The molecule has 1 aromatic rings. The first-order chi connectivity index (χ1) is 26.9. The number of nitrogen functional groups attached to an aromatic ring is 1. The highest BCUT2D eigenvalue weighted by molar-refractivity contribution is 6.03. The Kier molecular flexibility index (Phi) is 18.1. The Labute approximate surface area is 338 Å². The number of benzene rings is 1. The molecule has 0 radical (unpaired) electrons. The summed E-state index contributed by atoms with van der Waals surface area (Å²) in [4.78, 5) is 90.4. The molecule has 6 amide bonds. The molecule has 1 unspecified atom stereocenters. The van der Waals surface area contributed by atoms with Gasteiger partial charge in [0.2, 0.25) is 35.4 Å². The number of anilines is 1. The largest absolute Gasteiger partial charge is 0.399 e. The fourth-order valence-electron chi connectivity index (χ4n) is 8.11. The van der Waals surface area contributed by atoms with Crippen LogP contribution in [-0.4, -0.2) is 101 Å². The Morgan fingerprint density at radius 1 is 0.789 bits per heavy atom. The lowest BCUT2D eigenvalue weighted by Crippen LogP contribution is -2.60. The quantitative estimate of drug-likeness (QED) is 0.0333. The number of hydrogen-bond donors (Lipinski definition) is 7. The Morgan fingerprint density at radius 2 is 1.40 bits per heavy atom. The van der Waals surface area contributed by atoms with Crippen molar-refractivity contribution in [3.63, 3.8) is 0 Å². The van der Waals surface area contributed by atoms with Gasteiger partial charge in [-0.05, 0) is 109 Å². The fraction of sp³-hybridized carbons (Fsp3) is 0.683. The standard InChI is InChI=1S/C41H68N10O6/c1-24(2)22-32(40(57)50-21-11-15-33(50)35(43)52)48-37(54)31(14-10-20-46-41(44)45)47-38(55)34(28-12-8-7-9-13-28)49-36(53)30(23-27-16-18-29(42)19-17-27)39(56)51(25(3)4)26(5)6/h16-19,24-26,28,30-34H,7-15,20-23,42H2,1-6H3,(H2,43,52)(H,47,55)(H,48,54)(H,49,53)(H4,44,45,46)/t30?,31-,32-,33-,34-/m0/s1. The van der Waals surface area contributed by atoms with Crippen LogP contribution in [0.25, 0.3) is 0 Å². The molecule has 1 saturated carbocycles. The number of guanidine groups is 1. The van der Waals surface area contributed by atoms with E-state index in [1.165, 1.54) is 4.90 Å². The highest BCUT2D eigenvalue weighted by atomic mass is 16.2. The number of carbonyl (C=O) groups is 6. The average Bonchev–Trinajstić information content (AvgIpc) is 3.64. The second-order valence-corrected chi connectivity index (χ2v) is 16.6. The third kappa shape index (κ3) is 13.9. The maximum Gasteiger partial charge on any atom is 0.245 e. The summed E-state index contributed by atoms with van der Waals surface area (Å²) in [5.74, 6) is -4.63. The van der Waals surface area contributed by atoms with E-state index in [4.69, 9.17) is 22.9 Å². The van der Waals surface area contributed by atoms with Crippen LogP contribution >= 0.6 is 0 Å². The van der Waals surface area contributed by atoms with Gasteiger partial charge in [0.15, 0.2) is 5.96 Å². The number of carbonyl (C=O) groups excluding carboxylic acids is 6. The van der Waals surface area contributed by atoms with Gasteiger partial charge in [0.05, 0.1) is 0 Å². The first-order valence-corrected chi connectivity index (χ1v) is 20.6. The molecule has 1 aromatic carbocycles. The normalized spacial score (nSPS) is 18.1. The van der Waals surface area contributed by atoms with Crippen LogP contribution in [0.3, 0.4) is 0 Å². The van der Waals surface area contributed by atoms with Crippen molar-refractivity contribution in [2.75, 3.05) is 18.8 Å². The van der Waals surface area contributed by atoms with Gasteiger partial charge in [0.1, 0.15) is 30.1 Å². The van der Waals surface area contributed by atoms with Gasteiger partial charge in [-0.2, -0.15) is 0 Å². The molecule has 1 saturated heterocycles. The van der Waals surface area contributed by atoms with E-state index in [-0.39, 0.29) is 61.6 Å². The zero-order chi connectivity index (χ0) is 42.4. The minimum atomic E-state index is -1.14. The predicted molar refractivity (Wildman–Crippen MR) is 221 cm³/mol. The summed E-state index contributed by atoms with van der Waals surface area (Å²) in [5, 5.41) is 8.75. The average molecular weight is 797 g/mol. The maximum absolute atomic E-state index is 14.5. The van der Waals surface area contributed by atoms with Crippen LogP contribution in [0.2, 0.25) is 0 Å². The highest BCUT2D eigenvalue weighted by Gasteiger charge is 2.40. The predicted octanol–water partition coefficient (Wildman–Crippen LogP) is 1.68. The zero-order valence-corrected chi connectivity index (χ0v) is 34.8. The molecule has 0 bridgehead atoms. The molecule has 3 rings (SSSR count). The topological polar surface area (TPSA) is 261 Å². The zero-order valence-electron chi connectivity index (χ0n) is 34.8. The van der Waals surface area contributed by atoms with Crippen molar-refractivity contribution >= 4 is 47.1 Å². The van der Waals surface area contributed by atoms with E-state index >= 15 is 0 Å². The molecule has 1 aliphatic heterocycles. The monoisotopic (exact) mass is 797 g/mol. The molecule has 1 heterocycles. The smallest absolute Gasteiger partial charge is 0.245 e. The van der Waals surface area contributed by atoms with Crippen molar-refractivity contribution in [1.82, 2.24) is 25.8 Å². The second kappa shape index (κ2) is 22.2. The molecule has 16 heteroatoms. The van der Waals surface area contributed by atoms with E-state index in [0.29, 0.717) is 44.3 Å². The molecule has 11 N–H and O–H groups in total. The summed E-state index contributed by atoms with van der Waals surface area (Å²) >= 11 is 0. The van der Waals surface area contributed by atoms with Crippen molar-refractivity contribution in [2.24, 2.45) is 39.9 Å². The lowest BCUT2D eigenvalue weighted by Gasteiger charge is -2.35. The number of amides is 6. The molecule has 2 aliphatic rings. The van der Waals surface area contributed by atoms with Gasteiger partial charge in [0.25, 0.3) is 0 Å². The highest BCUT2D eigenvalue weighted by Crippen LogP contribution is 2.28. The summed E-state index contributed by atoms with van der Waals surface area (Å²) in [7, 11) is 0. The Balaban J connectivity index is 1.96. The minimum absolute atomic E-state index is 0.000831. The number of hydrogen-bond acceptors (Lipinski definition) is 8. The van der Waals surface area contributed by atoms with Gasteiger partial charge in [-0.1, -0.05) is 45.2 Å². The summed E-state index contributed by atoms with van der Waals surface area (Å²) in [6.07, 6.45) is 5.91. The van der Waals surface area contributed by atoms with Crippen molar-refractivity contribution in [1.29, 1.82) is 0 Å². The summed E-state index contributed by atoms with van der Waals surface area (Å²) in [5.41, 5.74) is 23.9. The molecule has 0 aromatic heterocycles. The maximum atomic E-state index is 14.5. The molecular weight excluding hydrogens is 729 g/mol. The van der Waals surface area contributed by atoms with Gasteiger partial charge in [-0.25, -0.2) is 0 Å². The van der Waals surface area contributed by atoms with Crippen LogP contribution in [0.4, 0.5) is 5.69 Å². The first-order valence-electron chi connectivity index (χ1n) is 20.6. The molecule has 5 atom stereocenters. The summed E-state index contributed by atoms with van der Waals surface area (Å²) in [6, 6.07) is 2.70. The van der Waals surface area contributed by atoms with E-state index < -0.39 is 59.6 Å². The Bertz CT molecular complexity index is 1550. The minimum Gasteiger partial charge on any atom is -0.399 e. The van der Waals surface area contributed by atoms with Gasteiger partial charge >= 0.3 is 0 Å². The summed E-state index contributed by atoms with van der Waals surface area (Å²) in [6.45, 7) is 11.9. The molecule has 318 valence electrons. The fourth-order valence-corrected chi connectivity index (χ4v) is 8.11. The van der Waals surface area contributed by atoms with Gasteiger partial charge in [0, 0.05) is 30.9 Å². The molecule has 1 aliphatic carbocycles. The third-order valence-corrected chi connectivity index (χ3v) is 10.9. The number of primary amides is 1. The number of nitrogens with two attached hydrogens (primary N) is 4. The van der Waals surface area contributed by atoms with E-state index in [9.17, 15) is 28.8 Å². The molecule has 0 spiro atoms. The van der Waals surface area contributed by atoms with Gasteiger partial charge in [-0.3, -0.25) is 33.8 Å². The summed E-state index contributed by atoms with van der Waals surface area (Å²) < 4.78 is 0. The van der Waals surface area contributed by atoms with Crippen LogP contribution in [0.15, 0.2) is 29.3 Å². The van der Waals surface area contributed by atoms with Crippen LogP contribution < -0.4 is 38.9 Å². The van der Waals surface area contributed by atoms with Gasteiger partial charge < -0.3 is 48.7 Å². The van der Waals surface area contributed by atoms with E-state index in [1.807, 2.05) is 41.5 Å². The van der Waals surface area contributed by atoms with Crippen molar-refractivity contribution in [2.45, 2.75) is 148 Å². The molecule has 57 heavy (non-hydrogen) atoms. The van der Waals surface area contributed by atoms with Gasteiger partial charge in [-0.15, -0.1) is 0 Å². The third-order valence-electron chi connectivity index (χ3n) is 10.9. The molecule has 16 nitrogen and oxygen atoms in total. The van der Waals surface area contributed by atoms with Crippen molar-refractivity contribution < 1.29 is 28.8 Å².